The standard InChI is InChI=1S/C40H32N6/c1-2-6-38-37(5-1)43-25-29-9-17-33(18-10-29)35-21-13-31(14-22-35)27-45-39-7-3-4-8-40(39)46(42-45)28-32-15-23-36(24-16-32)34-19-11-30(12-20-34)26-44(38)41-43/h1-24H,25-28H2/q+2. The van der Waals surface area contributed by atoms with Gasteiger partial charge in [-0.3, -0.25) is 0 Å². The van der Waals surface area contributed by atoms with E-state index in [2.05, 4.69) is 164 Å². The van der Waals surface area contributed by atoms with E-state index in [1.807, 2.05) is 0 Å². The van der Waals surface area contributed by atoms with Crippen molar-refractivity contribution in [3.8, 4) is 22.3 Å². The lowest BCUT2D eigenvalue weighted by Gasteiger charge is -2.05. The molecule has 7 aliphatic rings. The van der Waals surface area contributed by atoms with Crippen molar-refractivity contribution in [2.75, 3.05) is 0 Å². The maximum Gasteiger partial charge on any atom is 0.198 e. The van der Waals surface area contributed by atoms with Gasteiger partial charge < -0.3 is 0 Å². The number of rotatable bonds is 0. The molecule has 0 atom stereocenters. The summed E-state index contributed by atoms with van der Waals surface area (Å²) >= 11 is 0. The number of hydrogen-bond acceptors (Lipinski definition) is 2. The summed E-state index contributed by atoms with van der Waals surface area (Å²) in [5.74, 6) is 0. The minimum absolute atomic E-state index is 0.708. The third-order valence-electron chi connectivity index (χ3n) is 9.12. The van der Waals surface area contributed by atoms with Gasteiger partial charge in [0.05, 0.1) is 10.4 Å². The molecule has 0 aliphatic carbocycles. The molecular formula is C40H32N6+2. The Morgan fingerprint density at radius 1 is 0.370 bits per heavy atom. The Hall–Kier alpha value is -5.88. The molecule has 0 fully saturated rings. The highest BCUT2D eigenvalue weighted by atomic mass is 15.5. The van der Waals surface area contributed by atoms with Gasteiger partial charge in [0, 0.05) is 0 Å². The highest BCUT2D eigenvalue weighted by Gasteiger charge is 2.20. The van der Waals surface area contributed by atoms with Crippen LogP contribution in [0.1, 0.15) is 22.3 Å². The molecule has 220 valence electrons. The van der Waals surface area contributed by atoms with Crippen molar-refractivity contribution in [1.29, 1.82) is 0 Å². The highest BCUT2D eigenvalue weighted by molar-refractivity contribution is 5.72. The largest absolute Gasteiger partial charge is 0.198 e. The summed E-state index contributed by atoms with van der Waals surface area (Å²) in [6.45, 7) is 2.83. The average Bonchev–Trinajstić information content (AvgIpc) is 3.63. The molecule has 0 radical (unpaired) electrons. The van der Waals surface area contributed by atoms with E-state index >= 15 is 0 Å². The van der Waals surface area contributed by atoms with Crippen LogP contribution in [0.5, 0.6) is 0 Å². The zero-order valence-corrected chi connectivity index (χ0v) is 25.4. The van der Waals surface area contributed by atoms with Crippen LogP contribution in [0.25, 0.3) is 44.3 Å². The normalized spacial score (nSPS) is 12.9. The van der Waals surface area contributed by atoms with Crippen LogP contribution in [0.3, 0.4) is 0 Å². The molecule has 0 amide bonds. The molecule has 8 aromatic rings. The summed E-state index contributed by atoms with van der Waals surface area (Å²) in [5.41, 5.74) is 14.2. The number of para-hydroxylation sites is 4. The van der Waals surface area contributed by atoms with Crippen molar-refractivity contribution in [3.63, 3.8) is 0 Å². The lowest BCUT2D eigenvalue weighted by atomic mass is 10.0. The Labute approximate surface area is 267 Å². The van der Waals surface area contributed by atoms with Gasteiger partial charge in [-0.15, -0.1) is 18.7 Å². The van der Waals surface area contributed by atoms with Gasteiger partial charge in [0.25, 0.3) is 0 Å². The van der Waals surface area contributed by atoms with Crippen molar-refractivity contribution >= 4 is 22.1 Å². The van der Waals surface area contributed by atoms with Gasteiger partial charge in [-0.1, -0.05) is 121 Å². The fourth-order valence-electron chi connectivity index (χ4n) is 6.62. The second-order valence-electron chi connectivity index (χ2n) is 12.2. The van der Waals surface area contributed by atoms with Gasteiger partial charge in [-0.05, 0) is 68.8 Å². The molecule has 6 aromatic carbocycles. The van der Waals surface area contributed by atoms with Crippen LogP contribution in [-0.2, 0) is 26.2 Å². The minimum atomic E-state index is 0.708. The molecular weight excluding hydrogens is 564 g/mol. The molecule has 9 heterocycles. The van der Waals surface area contributed by atoms with Crippen molar-refractivity contribution in [2.45, 2.75) is 26.2 Å². The first kappa shape index (κ1) is 26.5. The topological polar surface area (TPSA) is 43.4 Å². The van der Waals surface area contributed by atoms with E-state index in [1.165, 1.54) is 44.5 Å². The molecule has 0 saturated heterocycles. The quantitative estimate of drug-likeness (QED) is 0.181. The molecule has 12 bridgehead atoms. The average molecular weight is 597 g/mol. The molecule has 0 N–H and O–H groups in total. The molecule has 7 aliphatic heterocycles. The Morgan fingerprint density at radius 3 is 1.07 bits per heavy atom. The van der Waals surface area contributed by atoms with E-state index in [-0.39, 0.29) is 0 Å². The monoisotopic (exact) mass is 596 g/mol. The molecule has 15 rings (SSSR count). The minimum Gasteiger partial charge on any atom is -0.125 e. The first-order chi connectivity index (χ1) is 22.7. The molecule has 0 saturated carbocycles. The number of nitrogens with zero attached hydrogens (tertiary/aromatic N) is 6. The second-order valence-corrected chi connectivity index (χ2v) is 12.2. The number of fused-ring (bicyclic) bond motifs is 2. The summed E-state index contributed by atoms with van der Waals surface area (Å²) in [4.78, 5) is 0. The van der Waals surface area contributed by atoms with Crippen LogP contribution in [0, 0.1) is 0 Å². The van der Waals surface area contributed by atoms with Gasteiger partial charge in [0.1, 0.15) is 26.2 Å². The summed E-state index contributed by atoms with van der Waals surface area (Å²) in [7, 11) is 0. The summed E-state index contributed by atoms with van der Waals surface area (Å²) < 4.78 is 8.45. The lowest BCUT2D eigenvalue weighted by molar-refractivity contribution is -0.724. The molecule has 6 heteroatoms. The van der Waals surface area contributed by atoms with Crippen LogP contribution < -0.4 is 9.36 Å². The van der Waals surface area contributed by atoms with Crippen LogP contribution in [0.2, 0.25) is 0 Å². The molecule has 46 heavy (non-hydrogen) atoms. The Morgan fingerprint density at radius 2 is 0.696 bits per heavy atom. The van der Waals surface area contributed by atoms with Gasteiger partial charge in [-0.25, -0.2) is 0 Å². The zero-order valence-electron chi connectivity index (χ0n) is 25.4. The van der Waals surface area contributed by atoms with E-state index in [9.17, 15) is 0 Å². The third-order valence-corrected chi connectivity index (χ3v) is 9.12. The van der Waals surface area contributed by atoms with E-state index in [4.69, 9.17) is 10.4 Å². The lowest BCUT2D eigenvalue weighted by Crippen LogP contribution is -2.37. The van der Waals surface area contributed by atoms with Gasteiger partial charge in [0.15, 0.2) is 22.1 Å². The van der Waals surface area contributed by atoms with Gasteiger partial charge in [0.2, 0.25) is 0 Å². The van der Waals surface area contributed by atoms with E-state index in [0.717, 1.165) is 22.1 Å². The van der Waals surface area contributed by atoms with E-state index in [1.54, 1.807) is 0 Å². The van der Waals surface area contributed by atoms with Gasteiger partial charge in [-0.2, -0.15) is 0 Å². The predicted octanol–water partition coefficient (Wildman–Crippen LogP) is 6.80. The third kappa shape index (κ3) is 4.85. The molecule has 2 aromatic heterocycles. The zero-order chi connectivity index (χ0) is 30.5. The van der Waals surface area contributed by atoms with Crippen LogP contribution in [-0.4, -0.2) is 19.8 Å². The Balaban J connectivity index is 1.13. The van der Waals surface area contributed by atoms with E-state index < -0.39 is 0 Å². The Kier molecular flexibility index (Phi) is 6.30. The van der Waals surface area contributed by atoms with Crippen LogP contribution >= 0.6 is 0 Å². The molecule has 0 unspecified atom stereocenters. The molecule has 0 spiro atoms. The first-order valence-corrected chi connectivity index (χ1v) is 15.8. The second kappa shape index (κ2) is 10.9. The number of hydrogen-bond donors (Lipinski definition) is 0. The number of aromatic nitrogens is 6. The van der Waals surface area contributed by atoms with Crippen LogP contribution in [0.15, 0.2) is 146 Å². The van der Waals surface area contributed by atoms with Gasteiger partial charge >= 0.3 is 0 Å². The predicted molar refractivity (Wildman–Crippen MR) is 180 cm³/mol. The van der Waals surface area contributed by atoms with Crippen molar-refractivity contribution in [3.05, 3.63) is 168 Å². The molecule has 6 nitrogen and oxygen atoms in total. The Bertz CT molecular complexity index is 2000. The van der Waals surface area contributed by atoms with E-state index in [0.29, 0.717) is 26.2 Å². The smallest absolute Gasteiger partial charge is 0.125 e. The summed E-state index contributed by atoms with van der Waals surface area (Å²) in [6.07, 6.45) is 0. The highest BCUT2D eigenvalue weighted by Crippen LogP contribution is 2.24. The maximum absolute atomic E-state index is 5.04. The summed E-state index contributed by atoms with van der Waals surface area (Å²) in [5, 5.41) is 10.1. The van der Waals surface area contributed by atoms with Crippen molar-refractivity contribution in [1.82, 2.24) is 19.8 Å². The fraction of sp³-hybridized carbons (Fsp3) is 0.100. The summed E-state index contributed by atoms with van der Waals surface area (Å²) in [6, 6.07) is 52.4. The van der Waals surface area contributed by atoms with Crippen molar-refractivity contribution in [2.24, 2.45) is 0 Å². The number of benzene rings is 6. The van der Waals surface area contributed by atoms with Crippen molar-refractivity contribution < 1.29 is 9.36 Å². The fourth-order valence-corrected chi connectivity index (χ4v) is 6.62. The maximum atomic E-state index is 5.04. The van der Waals surface area contributed by atoms with Crippen LogP contribution in [0.4, 0.5) is 0 Å². The first-order valence-electron chi connectivity index (χ1n) is 15.8. The SMILES string of the molecule is c1ccc2c(c1)n1n[n+]2Cc2ccc(cc2)-c2ccc(cc2)Cn2n[n+](c3ccccc32)Cc2ccc(cc2)-c2ccc(cc2)C1.